The van der Waals surface area contributed by atoms with Crippen LogP contribution in [0, 0.1) is 6.92 Å². The molecule has 4 rings (SSSR count). The van der Waals surface area contributed by atoms with Gasteiger partial charge in [0.05, 0.1) is 17.8 Å². The van der Waals surface area contributed by atoms with Gasteiger partial charge < -0.3 is 10.2 Å². The lowest BCUT2D eigenvalue weighted by molar-refractivity contribution is -0.131. The maximum atomic E-state index is 12.7. The molecule has 1 aromatic carbocycles. The van der Waals surface area contributed by atoms with Crippen LogP contribution in [0.25, 0.3) is 5.65 Å². The second kappa shape index (κ2) is 6.83. The summed E-state index contributed by atoms with van der Waals surface area (Å²) in [5.74, 6) is -0.0226. The van der Waals surface area contributed by atoms with Crippen molar-refractivity contribution in [1.29, 1.82) is 0 Å². The average molecular weight is 363 g/mol. The van der Waals surface area contributed by atoms with E-state index >= 15 is 0 Å². The molecule has 0 radical (unpaired) electrons. The fraction of sp³-hybridized carbons (Fsp3) is 0.300. The van der Waals surface area contributed by atoms with Crippen molar-refractivity contribution in [1.82, 2.24) is 19.5 Å². The van der Waals surface area contributed by atoms with E-state index in [0.29, 0.717) is 19.5 Å². The van der Waals surface area contributed by atoms with Crippen LogP contribution in [0.15, 0.2) is 36.5 Å². The highest BCUT2D eigenvalue weighted by molar-refractivity contribution is 5.88. The number of amides is 2. The van der Waals surface area contributed by atoms with Crippen molar-refractivity contribution in [2.45, 2.75) is 33.2 Å². The summed E-state index contributed by atoms with van der Waals surface area (Å²) in [6.45, 7) is 4.66. The number of hydrogen-bond acceptors (Lipinski definition) is 4. The smallest absolute Gasteiger partial charge is 0.227 e. The lowest BCUT2D eigenvalue weighted by Gasteiger charge is -2.29. The van der Waals surface area contributed by atoms with Gasteiger partial charge >= 0.3 is 0 Å². The predicted octanol–water partition coefficient (Wildman–Crippen LogP) is 2.12. The van der Waals surface area contributed by atoms with E-state index in [2.05, 4.69) is 15.4 Å². The molecule has 0 saturated carbocycles. The molecule has 1 aliphatic heterocycles. The summed E-state index contributed by atoms with van der Waals surface area (Å²) in [5, 5.41) is 7.24. The molecule has 3 aromatic rings. The molecular weight excluding hydrogens is 342 g/mol. The first kappa shape index (κ1) is 17.2. The van der Waals surface area contributed by atoms with Gasteiger partial charge in [0.25, 0.3) is 0 Å². The van der Waals surface area contributed by atoms with Gasteiger partial charge in [0, 0.05) is 49.9 Å². The highest BCUT2D eigenvalue weighted by Gasteiger charge is 2.23. The molecular formula is C20H21N5O2. The summed E-state index contributed by atoms with van der Waals surface area (Å²) < 4.78 is 1.90. The molecule has 3 heterocycles. The van der Waals surface area contributed by atoms with Crippen molar-refractivity contribution >= 4 is 23.1 Å². The fourth-order valence-corrected chi connectivity index (χ4v) is 3.46. The van der Waals surface area contributed by atoms with Crippen molar-refractivity contribution in [3.05, 3.63) is 59.0 Å². The topological polar surface area (TPSA) is 79.6 Å². The molecule has 1 aliphatic rings. The highest BCUT2D eigenvalue weighted by atomic mass is 16.2. The summed E-state index contributed by atoms with van der Waals surface area (Å²) in [7, 11) is 0. The van der Waals surface area contributed by atoms with E-state index in [4.69, 9.17) is 0 Å². The van der Waals surface area contributed by atoms with Crippen LogP contribution in [0.5, 0.6) is 0 Å². The van der Waals surface area contributed by atoms with E-state index in [1.165, 1.54) is 6.92 Å². The fourth-order valence-electron chi connectivity index (χ4n) is 3.46. The van der Waals surface area contributed by atoms with Crippen LogP contribution in [0.3, 0.4) is 0 Å². The van der Waals surface area contributed by atoms with Gasteiger partial charge in [-0.15, -0.1) is 0 Å². The Balaban J connectivity index is 1.46. The predicted molar refractivity (Wildman–Crippen MR) is 101 cm³/mol. The molecule has 7 nitrogen and oxygen atoms in total. The molecule has 0 unspecified atom stereocenters. The number of nitrogens with one attached hydrogen (secondary N) is 1. The largest absolute Gasteiger partial charge is 0.338 e. The van der Waals surface area contributed by atoms with E-state index in [9.17, 15) is 9.59 Å². The van der Waals surface area contributed by atoms with Crippen molar-refractivity contribution in [2.24, 2.45) is 0 Å². The van der Waals surface area contributed by atoms with Gasteiger partial charge in [-0.05, 0) is 24.6 Å². The van der Waals surface area contributed by atoms with Crippen molar-refractivity contribution in [3.63, 3.8) is 0 Å². The van der Waals surface area contributed by atoms with Gasteiger partial charge in [0.15, 0.2) is 5.65 Å². The number of aryl methyl sites for hydroxylation is 1. The van der Waals surface area contributed by atoms with E-state index < -0.39 is 0 Å². The Morgan fingerprint density at radius 3 is 2.74 bits per heavy atom. The van der Waals surface area contributed by atoms with Crippen LogP contribution >= 0.6 is 0 Å². The first-order valence-corrected chi connectivity index (χ1v) is 8.97. The second-order valence-electron chi connectivity index (χ2n) is 6.91. The summed E-state index contributed by atoms with van der Waals surface area (Å²) >= 11 is 0. The number of nitrogens with zero attached hydrogens (tertiary/aromatic N) is 4. The van der Waals surface area contributed by atoms with E-state index in [0.717, 1.165) is 40.3 Å². The van der Waals surface area contributed by atoms with E-state index in [-0.39, 0.29) is 11.8 Å². The SMILES string of the molecule is CC(=O)Nc1ccc(CC(=O)N2CCc3c(cnc4cc(C)nn34)C2)cc1. The molecule has 2 amide bonds. The maximum absolute atomic E-state index is 12.7. The van der Waals surface area contributed by atoms with Crippen molar-refractivity contribution < 1.29 is 9.59 Å². The van der Waals surface area contributed by atoms with Crippen LogP contribution in [-0.4, -0.2) is 37.9 Å². The molecule has 1 N–H and O–H groups in total. The molecule has 0 spiro atoms. The number of aromatic nitrogens is 3. The average Bonchev–Trinajstić information content (AvgIpc) is 3.03. The third kappa shape index (κ3) is 3.53. The number of anilines is 1. The standard InChI is InChI=1S/C20H21N5O2/c1-13-9-19-21-11-16-12-24(8-7-18(16)25(19)23-13)20(27)10-15-3-5-17(6-4-15)22-14(2)26/h3-6,9,11H,7-8,10,12H2,1-2H3,(H,22,26). The zero-order valence-corrected chi connectivity index (χ0v) is 15.4. The molecule has 0 saturated heterocycles. The molecule has 138 valence electrons. The number of carbonyl (C=O) groups excluding carboxylic acids is 2. The first-order chi connectivity index (χ1) is 13.0. The zero-order chi connectivity index (χ0) is 19.0. The molecule has 7 heteroatoms. The van der Waals surface area contributed by atoms with E-state index in [1.54, 1.807) is 0 Å². The van der Waals surface area contributed by atoms with Gasteiger partial charge in [-0.1, -0.05) is 12.1 Å². The van der Waals surface area contributed by atoms with Gasteiger partial charge in [-0.25, -0.2) is 9.50 Å². The quantitative estimate of drug-likeness (QED) is 0.773. The summed E-state index contributed by atoms with van der Waals surface area (Å²) in [4.78, 5) is 30.1. The molecule has 2 aromatic heterocycles. The van der Waals surface area contributed by atoms with Gasteiger partial charge in [-0.3, -0.25) is 9.59 Å². The minimum atomic E-state index is -0.110. The Morgan fingerprint density at radius 2 is 2.00 bits per heavy atom. The Labute approximate surface area is 157 Å². The Morgan fingerprint density at radius 1 is 1.22 bits per heavy atom. The second-order valence-corrected chi connectivity index (χ2v) is 6.91. The van der Waals surface area contributed by atoms with Crippen LogP contribution in [0.4, 0.5) is 5.69 Å². The molecule has 27 heavy (non-hydrogen) atoms. The maximum Gasteiger partial charge on any atom is 0.227 e. The Kier molecular flexibility index (Phi) is 4.35. The zero-order valence-electron chi connectivity index (χ0n) is 15.4. The summed E-state index contributed by atoms with van der Waals surface area (Å²) in [6.07, 6.45) is 2.96. The number of hydrogen-bond donors (Lipinski definition) is 1. The molecule has 0 fully saturated rings. The van der Waals surface area contributed by atoms with Crippen LogP contribution in [-0.2, 0) is 29.0 Å². The minimum Gasteiger partial charge on any atom is -0.338 e. The van der Waals surface area contributed by atoms with Crippen molar-refractivity contribution in [3.8, 4) is 0 Å². The van der Waals surface area contributed by atoms with Crippen molar-refractivity contribution in [2.75, 3.05) is 11.9 Å². The van der Waals surface area contributed by atoms with Crippen LogP contribution in [0.1, 0.15) is 29.4 Å². The first-order valence-electron chi connectivity index (χ1n) is 8.97. The molecule has 0 aliphatic carbocycles. The summed E-state index contributed by atoms with van der Waals surface area (Å²) in [5.41, 5.74) is 5.64. The number of fused-ring (bicyclic) bond motifs is 3. The van der Waals surface area contributed by atoms with Gasteiger partial charge in [-0.2, -0.15) is 5.10 Å². The van der Waals surface area contributed by atoms with Gasteiger partial charge in [0.1, 0.15) is 0 Å². The number of benzene rings is 1. The monoisotopic (exact) mass is 363 g/mol. The summed E-state index contributed by atoms with van der Waals surface area (Å²) in [6, 6.07) is 9.34. The Bertz CT molecular complexity index is 1020. The number of carbonyl (C=O) groups is 2. The minimum absolute atomic E-state index is 0.0877. The van der Waals surface area contributed by atoms with E-state index in [1.807, 2.05) is 52.9 Å². The molecule has 0 bridgehead atoms. The number of rotatable bonds is 3. The van der Waals surface area contributed by atoms with Crippen LogP contribution in [0.2, 0.25) is 0 Å². The normalized spacial score (nSPS) is 13.5. The lowest BCUT2D eigenvalue weighted by Crippen LogP contribution is -2.37. The third-order valence-electron chi connectivity index (χ3n) is 4.75. The Hall–Kier alpha value is -3.22. The third-order valence-corrected chi connectivity index (χ3v) is 4.75. The van der Waals surface area contributed by atoms with Crippen LogP contribution < -0.4 is 5.32 Å². The van der Waals surface area contributed by atoms with Gasteiger partial charge in [0.2, 0.25) is 11.8 Å². The molecule has 0 atom stereocenters. The lowest BCUT2D eigenvalue weighted by atomic mass is 10.1. The highest BCUT2D eigenvalue weighted by Crippen LogP contribution is 2.21.